The van der Waals surface area contributed by atoms with E-state index < -0.39 is 0 Å². The number of rotatable bonds is 4. The van der Waals surface area contributed by atoms with Crippen LogP contribution in [0.3, 0.4) is 0 Å². The summed E-state index contributed by atoms with van der Waals surface area (Å²) in [6.07, 6.45) is 1.00. The maximum absolute atomic E-state index is 12.0. The molecule has 2 aromatic rings. The number of amides is 1. The van der Waals surface area contributed by atoms with Gasteiger partial charge in [0.15, 0.2) is 0 Å². The van der Waals surface area contributed by atoms with Gasteiger partial charge in [0.25, 0.3) is 0 Å². The summed E-state index contributed by atoms with van der Waals surface area (Å²) in [4.78, 5) is 23.9. The van der Waals surface area contributed by atoms with Crippen LogP contribution in [0.25, 0.3) is 0 Å². The third kappa shape index (κ3) is 3.26. The van der Waals surface area contributed by atoms with Crippen molar-refractivity contribution in [2.75, 3.05) is 11.9 Å². The molecule has 0 saturated heterocycles. The number of hydrogen-bond acceptors (Lipinski definition) is 3. The van der Waals surface area contributed by atoms with Crippen LogP contribution < -0.4 is 5.32 Å². The zero-order valence-corrected chi connectivity index (χ0v) is 13.0. The molecule has 3 rings (SSSR count). The second-order valence-corrected chi connectivity index (χ2v) is 6.08. The molecule has 118 valence electrons. The minimum Gasteiger partial charge on any atom is -0.462 e. The summed E-state index contributed by atoms with van der Waals surface area (Å²) >= 11 is 0. The molecule has 1 aliphatic heterocycles. The van der Waals surface area contributed by atoms with Gasteiger partial charge in [-0.05, 0) is 30.2 Å². The summed E-state index contributed by atoms with van der Waals surface area (Å²) in [6.45, 7) is 2.33. The first kappa shape index (κ1) is 15.3. The molecular formula is C19H19NO3. The van der Waals surface area contributed by atoms with Gasteiger partial charge in [0.2, 0.25) is 5.91 Å². The molecule has 0 bridgehead atoms. The number of carbonyl (C=O) groups is 2. The number of hydrogen-bond donors (Lipinski definition) is 1. The van der Waals surface area contributed by atoms with Crippen molar-refractivity contribution in [3.8, 4) is 0 Å². The number of carbonyl (C=O) groups excluding carboxylic acids is 2. The van der Waals surface area contributed by atoms with E-state index >= 15 is 0 Å². The second-order valence-electron chi connectivity index (χ2n) is 6.08. The molecule has 0 spiro atoms. The van der Waals surface area contributed by atoms with E-state index in [1.807, 2.05) is 37.3 Å². The van der Waals surface area contributed by atoms with E-state index in [0.29, 0.717) is 18.4 Å². The molecule has 1 amide bonds. The fourth-order valence-electron chi connectivity index (χ4n) is 3.01. The molecule has 1 atom stereocenters. The van der Waals surface area contributed by atoms with Crippen LogP contribution in [-0.2, 0) is 14.9 Å². The van der Waals surface area contributed by atoms with Gasteiger partial charge in [-0.25, -0.2) is 4.79 Å². The van der Waals surface area contributed by atoms with Gasteiger partial charge >= 0.3 is 5.97 Å². The largest absolute Gasteiger partial charge is 0.462 e. The highest BCUT2D eigenvalue weighted by Gasteiger charge is 2.35. The van der Waals surface area contributed by atoms with Gasteiger partial charge in [0, 0.05) is 17.5 Å². The van der Waals surface area contributed by atoms with Gasteiger partial charge < -0.3 is 10.1 Å². The van der Waals surface area contributed by atoms with E-state index in [-0.39, 0.29) is 23.9 Å². The van der Waals surface area contributed by atoms with Crippen molar-refractivity contribution in [3.63, 3.8) is 0 Å². The molecule has 1 N–H and O–H groups in total. The van der Waals surface area contributed by atoms with E-state index in [2.05, 4.69) is 5.32 Å². The van der Waals surface area contributed by atoms with E-state index in [1.165, 1.54) is 0 Å². The Hall–Kier alpha value is -2.62. The van der Waals surface area contributed by atoms with Crippen molar-refractivity contribution in [1.82, 2.24) is 0 Å². The number of nitrogens with one attached hydrogen (secondary N) is 1. The zero-order chi connectivity index (χ0) is 16.3. The Bertz CT molecular complexity index is 726. The maximum Gasteiger partial charge on any atom is 0.338 e. The Morgan fingerprint density at radius 1 is 1.13 bits per heavy atom. The summed E-state index contributed by atoms with van der Waals surface area (Å²) in [5.74, 6) is -0.330. The SMILES string of the molecule is C[C@@]1(CCOC(=O)c2ccccc2)CC(=O)Nc2ccccc21. The van der Waals surface area contributed by atoms with Crippen LogP contribution in [0.2, 0.25) is 0 Å². The molecule has 0 unspecified atom stereocenters. The number of para-hydroxylation sites is 1. The van der Waals surface area contributed by atoms with Crippen molar-refractivity contribution in [2.45, 2.75) is 25.2 Å². The molecule has 0 radical (unpaired) electrons. The average molecular weight is 309 g/mol. The monoisotopic (exact) mass is 309 g/mol. The maximum atomic E-state index is 12.0. The summed E-state index contributed by atoms with van der Waals surface area (Å²) in [6, 6.07) is 16.7. The summed E-state index contributed by atoms with van der Waals surface area (Å²) < 4.78 is 5.38. The molecule has 2 aromatic carbocycles. The average Bonchev–Trinajstić information content (AvgIpc) is 2.55. The third-order valence-corrected chi connectivity index (χ3v) is 4.30. The van der Waals surface area contributed by atoms with Crippen LogP contribution in [0.4, 0.5) is 5.69 Å². The molecule has 4 heteroatoms. The molecule has 0 saturated carbocycles. The Balaban J connectivity index is 1.68. The van der Waals surface area contributed by atoms with Gasteiger partial charge in [0.05, 0.1) is 12.2 Å². The van der Waals surface area contributed by atoms with E-state index in [0.717, 1.165) is 11.3 Å². The molecule has 0 aliphatic carbocycles. The van der Waals surface area contributed by atoms with Crippen LogP contribution in [0.15, 0.2) is 54.6 Å². The fourth-order valence-corrected chi connectivity index (χ4v) is 3.01. The molecule has 23 heavy (non-hydrogen) atoms. The van der Waals surface area contributed by atoms with Gasteiger partial charge in [0.1, 0.15) is 0 Å². The summed E-state index contributed by atoms with van der Waals surface area (Å²) in [5, 5.41) is 2.89. The number of anilines is 1. The van der Waals surface area contributed by atoms with E-state index in [9.17, 15) is 9.59 Å². The van der Waals surface area contributed by atoms with Crippen molar-refractivity contribution >= 4 is 17.6 Å². The van der Waals surface area contributed by atoms with Crippen molar-refractivity contribution < 1.29 is 14.3 Å². The first-order chi connectivity index (χ1) is 11.1. The second kappa shape index (κ2) is 6.24. The smallest absolute Gasteiger partial charge is 0.338 e. The lowest BCUT2D eigenvalue weighted by atomic mass is 9.74. The van der Waals surface area contributed by atoms with Gasteiger partial charge in [-0.3, -0.25) is 4.79 Å². The molecule has 0 aromatic heterocycles. The predicted molar refractivity (Wildman–Crippen MR) is 88.4 cm³/mol. The van der Waals surface area contributed by atoms with Gasteiger partial charge in [-0.2, -0.15) is 0 Å². The Kier molecular flexibility index (Phi) is 4.15. The van der Waals surface area contributed by atoms with Crippen molar-refractivity contribution in [3.05, 3.63) is 65.7 Å². The number of fused-ring (bicyclic) bond motifs is 1. The molecule has 1 heterocycles. The van der Waals surface area contributed by atoms with Crippen molar-refractivity contribution in [2.24, 2.45) is 0 Å². The van der Waals surface area contributed by atoms with Crippen molar-refractivity contribution in [1.29, 1.82) is 0 Å². The minimum absolute atomic E-state index is 0.000543. The standard InChI is InChI=1S/C19H19NO3/c1-19(11-12-23-18(22)14-7-3-2-4-8-14)13-17(21)20-16-10-6-5-9-15(16)19/h2-10H,11-13H2,1H3,(H,20,21)/t19-/m1/s1. The highest BCUT2D eigenvalue weighted by Crippen LogP contribution is 2.39. The van der Waals surface area contributed by atoms with Crippen LogP contribution in [0.1, 0.15) is 35.7 Å². The quantitative estimate of drug-likeness (QED) is 0.879. The van der Waals surface area contributed by atoms with Crippen LogP contribution in [-0.4, -0.2) is 18.5 Å². The summed E-state index contributed by atoms with van der Waals surface area (Å²) in [5.41, 5.74) is 2.16. The molecule has 4 nitrogen and oxygen atoms in total. The lowest BCUT2D eigenvalue weighted by Gasteiger charge is -2.35. The normalized spacial score (nSPS) is 19.6. The predicted octanol–water partition coefficient (Wildman–Crippen LogP) is 3.53. The third-order valence-electron chi connectivity index (χ3n) is 4.30. The molecule has 0 fully saturated rings. The van der Waals surface area contributed by atoms with E-state index in [1.54, 1.807) is 24.3 Å². The lowest BCUT2D eigenvalue weighted by Crippen LogP contribution is -2.36. The zero-order valence-electron chi connectivity index (χ0n) is 13.0. The van der Waals surface area contributed by atoms with Gasteiger partial charge in [-0.15, -0.1) is 0 Å². The fraction of sp³-hybridized carbons (Fsp3) is 0.263. The Morgan fingerprint density at radius 2 is 1.83 bits per heavy atom. The first-order valence-electron chi connectivity index (χ1n) is 7.70. The Labute approximate surface area is 135 Å². The van der Waals surface area contributed by atoms with Crippen LogP contribution in [0, 0.1) is 0 Å². The molecular weight excluding hydrogens is 290 g/mol. The van der Waals surface area contributed by atoms with Crippen LogP contribution in [0.5, 0.6) is 0 Å². The number of benzene rings is 2. The summed E-state index contributed by atoms with van der Waals surface area (Å²) in [7, 11) is 0. The highest BCUT2D eigenvalue weighted by atomic mass is 16.5. The van der Waals surface area contributed by atoms with Crippen LogP contribution >= 0.6 is 0 Å². The van der Waals surface area contributed by atoms with E-state index in [4.69, 9.17) is 4.74 Å². The van der Waals surface area contributed by atoms with Gasteiger partial charge in [-0.1, -0.05) is 43.3 Å². The number of esters is 1. The Morgan fingerprint density at radius 3 is 2.61 bits per heavy atom. The highest BCUT2D eigenvalue weighted by molar-refractivity contribution is 5.95. The topological polar surface area (TPSA) is 55.4 Å². The first-order valence-corrected chi connectivity index (χ1v) is 7.70. The lowest BCUT2D eigenvalue weighted by molar-refractivity contribution is -0.117. The number of ether oxygens (including phenoxy) is 1. The minimum atomic E-state index is -0.331. The molecule has 1 aliphatic rings.